The van der Waals surface area contributed by atoms with Crippen LogP contribution >= 0.6 is 0 Å². The van der Waals surface area contributed by atoms with Gasteiger partial charge in [0.1, 0.15) is 5.75 Å². The number of amides is 1. The highest BCUT2D eigenvalue weighted by atomic mass is 16.6. The predicted molar refractivity (Wildman–Crippen MR) is 43.9 cm³/mol. The van der Waals surface area contributed by atoms with Crippen molar-refractivity contribution in [3.05, 3.63) is 29.8 Å². The Morgan fingerprint density at radius 3 is 3.00 bits per heavy atom. The molecule has 1 aliphatic rings. The van der Waals surface area contributed by atoms with Crippen LogP contribution in [0.3, 0.4) is 0 Å². The second-order valence-electron chi connectivity index (χ2n) is 2.83. The van der Waals surface area contributed by atoms with E-state index >= 15 is 0 Å². The Balaban J connectivity index is 2.40. The Hall–Kier alpha value is -1.51. The van der Waals surface area contributed by atoms with Gasteiger partial charge in [0.25, 0.3) is 0 Å². The van der Waals surface area contributed by atoms with Crippen LogP contribution < -0.4 is 4.74 Å². The number of benzene rings is 1. The number of hydrogen-bond donors (Lipinski definition) is 0. The summed E-state index contributed by atoms with van der Waals surface area (Å²) in [7, 11) is 1.72. The molecule has 62 valence electrons. The van der Waals surface area contributed by atoms with Crippen LogP contribution in [-0.2, 0) is 6.54 Å². The van der Waals surface area contributed by atoms with E-state index < -0.39 is 0 Å². The molecule has 1 aromatic rings. The molecule has 0 N–H and O–H groups in total. The highest BCUT2D eigenvalue weighted by Crippen LogP contribution is 2.23. The third-order valence-electron chi connectivity index (χ3n) is 1.89. The largest absolute Gasteiger partial charge is 0.415 e. The van der Waals surface area contributed by atoms with Crippen molar-refractivity contribution in [3.8, 4) is 5.75 Å². The van der Waals surface area contributed by atoms with Gasteiger partial charge in [-0.2, -0.15) is 0 Å². The molecule has 1 aliphatic heterocycles. The summed E-state index contributed by atoms with van der Waals surface area (Å²) in [5.74, 6) is 0.681. The minimum absolute atomic E-state index is 0.284. The van der Waals surface area contributed by atoms with Crippen molar-refractivity contribution in [1.29, 1.82) is 0 Å². The summed E-state index contributed by atoms with van der Waals surface area (Å²) in [6.45, 7) is 0.634. The molecule has 2 rings (SSSR count). The van der Waals surface area contributed by atoms with Crippen LogP contribution in [0, 0.1) is 0 Å². The van der Waals surface area contributed by atoms with Crippen molar-refractivity contribution >= 4 is 6.09 Å². The van der Waals surface area contributed by atoms with Crippen LogP contribution in [0.1, 0.15) is 5.56 Å². The molecule has 3 nitrogen and oxygen atoms in total. The molecule has 0 saturated heterocycles. The van der Waals surface area contributed by atoms with Crippen molar-refractivity contribution in [1.82, 2.24) is 4.90 Å². The highest BCUT2D eigenvalue weighted by Gasteiger charge is 2.20. The summed E-state index contributed by atoms with van der Waals surface area (Å²) in [6.07, 6.45) is -0.284. The third-order valence-corrected chi connectivity index (χ3v) is 1.89. The van der Waals surface area contributed by atoms with Gasteiger partial charge in [0.15, 0.2) is 0 Å². The van der Waals surface area contributed by atoms with Crippen LogP contribution in [0.25, 0.3) is 0 Å². The van der Waals surface area contributed by atoms with Crippen LogP contribution in [-0.4, -0.2) is 18.0 Å². The molecular weight excluding hydrogens is 154 g/mol. The number of rotatable bonds is 0. The van der Waals surface area contributed by atoms with Gasteiger partial charge in [-0.15, -0.1) is 0 Å². The van der Waals surface area contributed by atoms with E-state index in [1.807, 2.05) is 18.2 Å². The van der Waals surface area contributed by atoms with E-state index in [1.165, 1.54) is 0 Å². The van der Waals surface area contributed by atoms with Gasteiger partial charge in [0.05, 0.1) is 6.54 Å². The first-order chi connectivity index (χ1) is 5.77. The zero-order valence-electron chi connectivity index (χ0n) is 6.78. The lowest BCUT2D eigenvalue weighted by Crippen LogP contribution is -2.33. The van der Waals surface area contributed by atoms with Gasteiger partial charge < -0.3 is 9.64 Å². The topological polar surface area (TPSA) is 29.5 Å². The van der Waals surface area contributed by atoms with Crippen molar-refractivity contribution in [2.45, 2.75) is 6.54 Å². The van der Waals surface area contributed by atoms with Crippen LogP contribution in [0.15, 0.2) is 24.3 Å². The Morgan fingerprint density at radius 1 is 1.42 bits per heavy atom. The lowest BCUT2D eigenvalue weighted by atomic mass is 10.2. The number of fused-ring (bicyclic) bond motifs is 1. The molecule has 1 heterocycles. The number of nitrogens with zero attached hydrogens (tertiary/aromatic N) is 1. The molecule has 0 radical (unpaired) electrons. The van der Waals surface area contributed by atoms with Gasteiger partial charge in [-0.1, -0.05) is 18.2 Å². The molecule has 1 amide bonds. The van der Waals surface area contributed by atoms with E-state index in [0.717, 1.165) is 5.56 Å². The predicted octanol–water partition coefficient (Wildman–Crippen LogP) is 1.63. The molecule has 0 aromatic heterocycles. The lowest BCUT2D eigenvalue weighted by molar-refractivity contribution is 0.150. The molecule has 0 atom stereocenters. The molecule has 0 spiro atoms. The molecular formula is C9H9NO2. The Bertz CT molecular complexity index is 322. The summed E-state index contributed by atoms with van der Waals surface area (Å²) < 4.78 is 5.03. The molecule has 0 bridgehead atoms. The summed E-state index contributed by atoms with van der Waals surface area (Å²) >= 11 is 0. The van der Waals surface area contributed by atoms with Crippen LogP contribution in [0.4, 0.5) is 4.79 Å². The van der Waals surface area contributed by atoms with E-state index in [1.54, 1.807) is 18.0 Å². The maximum atomic E-state index is 11.1. The van der Waals surface area contributed by atoms with E-state index in [4.69, 9.17) is 4.74 Å². The van der Waals surface area contributed by atoms with Gasteiger partial charge in [-0.3, -0.25) is 0 Å². The minimum atomic E-state index is -0.284. The normalized spacial score (nSPS) is 15.4. The van der Waals surface area contributed by atoms with Gasteiger partial charge in [0.2, 0.25) is 0 Å². The maximum Gasteiger partial charge on any atom is 0.415 e. The average molecular weight is 163 g/mol. The Kier molecular flexibility index (Phi) is 1.50. The molecule has 1 aromatic carbocycles. The summed E-state index contributed by atoms with van der Waals surface area (Å²) in [4.78, 5) is 12.6. The van der Waals surface area contributed by atoms with Gasteiger partial charge >= 0.3 is 6.09 Å². The second kappa shape index (κ2) is 2.52. The SMILES string of the molecule is CN1Cc2ccccc2OC1=O. The number of carbonyl (C=O) groups is 1. The average Bonchev–Trinajstić information content (AvgIpc) is 2.07. The van der Waals surface area contributed by atoms with E-state index in [9.17, 15) is 4.79 Å². The Morgan fingerprint density at radius 2 is 2.17 bits per heavy atom. The second-order valence-corrected chi connectivity index (χ2v) is 2.83. The van der Waals surface area contributed by atoms with Crippen molar-refractivity contribution in [3.63, 3.8) is 0 Å². The number of carbonyl (C=O) groups excluding carboxylic acids is 1. The molecule has 0 fully saturated rings. The smallest absolute Gasteiger partial charge is 0.410 e. The Labute approximate surface area is 70.6 Å². The van der Waals surface area contributed by atoms with Crippen LogP contribution in [0.5, 0.6) is 5.75 Å². The van der Waals surface area contributed by atoms with Gasteiger partial charge in [-0.05, 0) is 6.07 Å². The van der Waals surface area contributed by atoms with E-state index in [0.29, 0.717) is 12.3 Å². The maximum absolute atomic E-state index is 11.1. The zero-order valence-corrected chi connectivity index (χ0v) is 6.78. The van der Waals surface area contributed by atoms with E-state index in [2.05, 4.69) is 0 Å². The minimum Gasteiger partial charge on any atom is -0.410 e. The fourth-order valence-electron chi connectivity index (χ4n) is 1.23. The van der Waals surface area contributed by atoms with Crippen molar-refractivity contribution < 1.29 is 9.53 Å². The zero-order chi connectivity index (χ0) is 8.55. The first-order valence-electron chi connectivity index (χ1n) is 3.78. The first-order valence-corrected chi connectivity index (χ1v) is 3.78. The number of ether oxygens (including phenoxy) is 1. The lowest BCUT2D eigenvalue weighted by Gasteiger charge is -2.23. The molecule has 12 heavy (non-hydrogen) atoms. The van der Waals surface area contributed by atoms with Crippen molar-refractivity contribution in [2.75, 3.05) is 7.05 Å². The molecule has 0 aliphatic carbocycles. The van der Waals surface area contributed by atoms with Gasteiger partial charge in [-0.25, -0.2) is 4.79 Å². The summed E-state index contributed by atoms with van der Waals surface area (Å²) in [6, 6.07) is 7.56. The summed E-state index contributed by atoms with van der Waals surface area (Å²) in [5.41, 5.74) is 1.06. The van der Waals surface area contributed by atoms with Crippen molar-refractivity contribution in [2.24, 2.45) is 0 Å². The highest BCUT2D eigenvalue weighted by molar-refractivity contribution is 5.72. The van der Waals surface area contributed by atoms with Crippen LogP contribution in [0.2, 0.25) is 0 Å². The number of hydrogen-bond acceptors (Lipinski definition) is 2. The number of para-hydroxylation sites is 1. The third kappa shape index (κ3) is 1.03. The van der Waals surface area contributed by atoms with Gasteiger partial charge in [0, 0.05) is 12.6 Å². The fraction of sp³-hybridized carbons (Fsp3) is 0.222. The fourth-order valence-corrected chi connectivity index (χ4v) is 1.23. The first kappa shape index (κ1) is 7.16. The summed E-state index contributed by atoms with van der Waals surface area (Å²) in [5, 5.41) is 0. The molecule has 0 unspecified atom stereocenters. The van der Waals surface area contributed by atoms with E-state index in [-0.39, 0.29) is 6.09 Å². The quantitative estimate of drug-likeness (QED) is 0.581. The molecule has 0 saturated carbocycles. The molecule has 3 heteroatoms. The standard InChI is InChI=1S/C9H9NO2/c1-10-6-7-4-2-3-5-8(7)12-9(10)11/h2-5H,6H2,1H3. The monoisotopic (exact) mass is 163 g/mol.